The SMILES string of the molecule is CC/C=C\C/C=C\C/C=C\C/C=C\CCCCCCCCCCCCCCC(=O)OC(COCCCCCCCCCCCCCCCCCCCCCCCC)COC1OC(CO)C(O)C(OS(=O)(=O)O)C1O. The number of hydrogen-bond donors (Lipinski definition) is 4. The van der Waals surface area contributed by atoms with Crippen LogP contribution in [0.5, 0.6) is 0 Å². The van der Waals surface area contributed by atoms with Crippen LogP contribution in [0, 0.1) is 0 Å². The molecule has 6 atom stereocenters. The average molecular weight is 1070 g/mol. The molecule has 1 aliphatic heterocycles. The van der Waals surface area contributed by atoms with E-state index in [-0.39, 0.29) is 19.6 Å². The third kappa shape index (κ3) is 44.1. The molecule has 13 heteroatoms. The van der Waals surface area contributed by atoms with Gasteiger partial charge in [0, 0.05) is 13.0 Å². The van der Waals surface area contributed by atoms with Crippen LogP contribution < -0.4 is 0 Å². The molecule has 6 unspecified atom stereocenters. The number of carbonyl (C=O) groups excluding carboxylic acids is 1. The fourth-order valence-electron chi connectivity index (χ4n) is 9.43. The molecule has 1 rings (SSSR count). The van der Waals surface area contributed by atoms with Crippen LogP contribution in [0.3, 0.4) is 0 Å². The molecule has 0 amide bonds. The Bertz CT molecular complexity index is 1470. The van der Waals surface area contributed by atoms with Gasteiger partial charge in [0.25, 0.3) is 0 Å². The van der Waals surface area contributed by atoms with Crippen molar-refractivity contribution in [3.05, 3.63) is 48.6 Å². The summed E-state index contributed by atoms with van der Waals surface area (Å²) in [6, 6.07) is 0. The van der Waals surface area contributed by atoms with Crippen LogP contribution in [0.1, 0.15) is 271 Å². The van der Waals surface area contributed by atoms with E-state index < -0.39 is 59.8 Å². The highest BCUT2D eigenvalue weighted by molar-refractivity contribution is 7.80. The molecule has 1 heterocycles. The van der Waals surface area contributed by atoms with Crippen LogP contribution in [0.15, 0.2) is 48.6 Å². The first-order chi connectivity index (χ1) is 36.1. The Morgan fingerprint density at radius 2 is 0.932 bits per heavy atom. The van der Waals surface area contributed by atoms with Crippen molar-refractivity contribution in [1.82, 2.24) is 0 Å². The predicted molar refractivity (Wildman–Crippen MR) is 303 cm³/mol. The molecule has 12 nitrogen and oxygen atoms in total. The van der Waals surface area contributed by atoms with Gasteiger partial charge in [-0.05, 0) is 51.4 Å². The van der Waals surface area contributed by atoms with Crippen molar-refractivity contribution in [2.75, 3.05) is 26.4 Å². The standard InChI is InChI=1S/C61H112O12S/c1-3-5-7-9-11-13-15-17-19-21-23-25-27-28-29-30-32-34-36-38-40-42-44-46-48-50-57(63)71-55(54-70-61-59(65)60(73-74(66,67)68)58(64)56(52-62)72-61)53-69-51-49-47-45-43-41-39-37-35-33-31-26-24-22-20-18-16-14-12-10-8-6-4-2/h5,7,11,13,17,19,23,25,55-56,58-62,64-65H,3-4,6,8-10,12,14-16,18,20-22,24,26-54H2,1-2H3,(H,66,67,68)/b7-5-,13-11-,19-17-,25-23-. The molecule has 0 aromatic heterocycles. The van der Waals surface area contributed by atoms with Gasteiger partial charge in [-0.25, -0.2) is 4.18 Å². The Morgan fingerprint density at radius 3 is 1.36 bits per heavy atom. The number of esters is 1. The van der Waals surface area contributed by atoms with Crippen LogP contribution in [0.2, 0.25) is 0 Å². The molecule has 1 fully saturated rings. The average Bonchev–Trinajstić information content (AvgIpc) is 3.38. The second kappa shape index (κ2) is 51.8. The topological polar surface area (TPSA) is 178 Å². The highest BCUT2D eigenvalue weighted by Gasteiger charge is 2.48. The molecule has 4 N–H and O–H groups in total. The first kappa shape index (κ1) is 70.1. The molecule has 1 aliphatic rings. The van der Waals surface area contributed by atoms with E-state index in [1.807, 2.05) is 0 Å². The summed E-state index contributed by atoms with van der Waals surface area (Å²) in [6.07, 6.45) is 57.2. The molecular formula is C61H112O12S. The smallest absolute Gasteiger partial charge is 0.397 e. The number of rotatable bonds is 54. The number of ether oxygens (including phenoxy) is 4. The number of allylic oxidation sites excluding steroid dienone is 8. The van der Waals surface area contributed by atoms with Gasteiger partial charge >= 0.3 is 16.4 Å². The highest BCUT2D eigenvalue weighted by Crippen LogP contribution is 2.26. The zero-order chi connectivity index (χ0) is 53.8. The summed E-state index contributed by atoms with van der Waals surface area (Å²) in [5.41, 5.74) is 0. The van der Waals surface area contributed by atoms with Crippen LogP contribution >= 0.6 is 0 Å². The number of aliphatic hydroxyl groups is 3. The van der Waals surface area contributed by atoms with Crippen molar-refractivity contribution in [1.29, 1.82) is 0 Å². The van der Waals surface area contributed by atoms with E-state index >= 15 is 0 Å². The zero-order valence-electron chi connectivity index (χ0n) is 47.2. The van der Waals surface area contributed by atoms with Gasteiger partial charge in [0.15, 0.2) is 6.29 Å². The van der Waals surface area contributed by atoms with E-state index in [1.54, 1.807) is 0 Å². The second-order valence-electron chi connectivity index (χ2n) is 20.9. The summed E-state index contributed by atoms with van der Waals surface area (Å²) in [5.74, 6) is -0.397. The molecule has 0 saturated carbocycles. The lowest BCUT2D eigenvalue weighted by Gasteiger charge is -2.41. The van der Waals surface area contributed by atoms with Crippen LogP contribution in [0.4, 0.5) is 0 Å². The van der Waals surface area contributed by atoms with Crippen LogP contribution in [0.25, 0.3) is 0 Å². The normalized spacial score (nSPS) is 19.0. The molecule has 0 spiro atoms. The highest BCUT2D eigenvalue weighted by atomic mass is 32.3. The first-order valence-corrected chi connectivity index (χ1v) is 31.8. The van der Waals surface area contributed by atoms with Gasteiger partial charge < -0.3 is 34.3 Å². The maximum absolute atomic E-state index is 13.0. The van der Waals surface area contributed by atoms with E-state index in [0.717, 1.165) is 64.2 Å². The zero-order valence-corrected chi connectivity index (χ0v) is 48.0. The minimum Gasteiger partial charge on any atom is -0.457 e. The fraction of sp³-hybridized carbons (Fsp3) is 0.852. The van der Waals surface area contributed by atoms with Crippen molar-refractivity contribution in [2.45, 2.75) is 307 Å². The van der Waals surface area contributed by atoms with Gasteiger partial charge in [-0.3, -0.25) is 9.35 Å². The molecule has 0 bridgehead atoms. The number of unbranched alkanes of at least 4 members (excludes halogenated alkanes) is 33. The van der Waals surface area contributed by atoms with Gasteiger partial charge in [-0.2, -0.15) is 8.42 Å². The monoisotopic (exact) mass is 1070 g/mol. The predicted octanol–water partition coefficient (Wildman–Crippen LogP) is 15.4. The van der Waals surface area contributed by atoms with Crippen molar-refractivity contribution in [2.24, 2.45) is 0 Å². The van der Waals surface area contributed by atoms with E-state index in [4.69, 9.17) is 18.9 Å². The molecule has 0 aromatic carbocycles. The van der Waals surface area contributed by atoms with Crippen molar-refractivity contribution in [3.8, 4) is 0 Å². The Labute approximate surface area is 453 Å². The van der Waals surface area contributed by atoms with E-state index in [2.05, 4.69) is 66.6 Å². The Morgan fingerprint density at radius 1 is 0.527 bits per heavy atom. The van der Waals surface area contributed by atoms with Crippen molar-refractivity contribution >= 4 is 16.4 Å². The summed E-state index contributed by atoms with van der Waals surface area (Å²) >= 11 is 0. The van der Waals surface area contributed by atoms with E-state index in [1.165, 1.54) is 180 Å². The lowest BCUT2D eigenvalue weighted by Crippen LogP contribution is -2.60. The molecule has 1 saturated heterocycles. The van der Waals surface area contributed by atoms with Gasteiger partial charge in [-0.1, -0.05) is 262 Å². The maximum Gasteiger partial charge on any atom is 0.397 e. The maximum atomic E-state index is 13.0. The minimum absolute atomic E-state index is 0.0385. The van der Waals surface area contributed by atoms with Crippen molar-refractivity contribution in [3.63, 3.8) is 0 Å². The van der Waals surface area contributed by atoms with E-state index in [0.29, 0.717) is 13.0 Å². The fourth-order valence-corrected chi connectivity index (χ4v) is 9.94. The minimum atomic E-state index is -5.07. The summed E-state index contributed by atoms with van der Waals surface area (Å²) in [4.78, 5) is 13.0. The summed E-state index contributed by atoms with van der Waals surface area (Å²) < 4.78 is 59.5. The Hall–Kier alpha value is -1.94. The van der Waals surface area contributed by atoms with Gasteiger partial charge in [0.1, 0.15) is 30.5 Å². The lowest BCUT2D eigenvalue weighted by atomic mass is 9.99. The van der Waals surface area contributed by atoms with Crippen molar-refractivity contribution < 1.29 is 56.2 Å². The Balaban J connectivity index is 2.26. The molecule has 74 heavy (non-hydrogen) atoms. The van der Waals surface area contributed by atoms with Gasteiger partial charge in [0.05, 0.1) is 19.8 Å². The van der Waals surface area contributed by atoms with Gasteiger partial charge in [-0.15, -0.1) is 0 Å². The summed E-state index contributed by atoms with van der Waals surface area (Å²) in [6.45, 7) is 3.94. The number of carbonyl (C=O) groups is 1. The third-order valence-corrected chi connectivity index (χ3v) is 14.4. The number of hydrogen-bond acceptors (Lipinski definition) is 11. The summed E-state index contributed by atoms with van der Waals surface area (Å²) in [7, 11) is -5.07. The molecular weight excluding hydrogens is 957 g/mol. The molecule has 0 aromatic rings. The molecule has 434 valence electrons. The Kier molecular flexibility index (Phi) is 49.0. The molecule has 0 aliphatic carbocycles. The van der Waals surface area contributed by atoms with Gasteiger partial charge in [0.2, 0.25) is 0 Å². The largest absolute Gasteiger partial charge is 0.457 e. The van der Waals surface area contributed by atoms with Crippen LogP contribution in [-0.4, -0.2) is 97.5 Å². The van der Waals surface area contributed by atoms with Crippen LogP contribution in [-0.2, 0) is 38.3 Å². The quantitative estimate of drug-likeness (QED) is 0.0196. The first-order valence-electron chi connectivity index (χ1n) is 30.4. The second-order valence-corrected chi connectivity index (χ2v) is 22.0. The van der Waals surface area contributed by atoms with E-state index in [9.17, 15) is 33.1 Å². The lowest BCUT2D eigenvalue weighted by molar-refractivity contribution is -0.301. The molecule has 0 radical (unpaired) electrons. The third-order valence-electron chi connectivity index (χ3n) is 14.0. The number of aliphatic hydroxyl groups excluding tert-OH is 3. The summed E-state index contributed by atoms with van der Waals surface area (Å²) in [5, 5.41) is 30.9.